The fourth-order valence-electron chi connectivity index (χ4n) is 0.153. The summed E-state index contributed by atoms with van der Waals surface area (Å²) >= 11 is 0. The van der Waals surface area contributed by atoms with Crippen LogP contribution in [-0.4, -0.2) is 19.1 Å². The zero-order chi connectivity index (χ0) is 4.99. The van der Waals surface area contributed by atoms with Gasteiger partial charge in [0.05, 0.1) is 7.05 Å². The van der Waals surface area contributed by atoms with Crippen molar-refractivity contribution in [2.45, 2.75) is 0 Å². The molecule has 0 fully saturated rings. The van der Waals surface area contributed by atoms with E-state index in [0.717, 1.165) is 0 Å². The molecule has 0 saturated heterocycles. The SMILES string of the molecule is [CH2-]N(C)N=NC. The molecule has 6 heavy (non-hydrogen) atoms. The zero-order valence-electron chi connectivity index (χ0n) is 4.05. The Hall–Kier alpha value is -0.600. The number of nitrogens with zero attached hydrogens (tertiary/aromatic N) is 3. The first-order valence-corrected chi connectivity index (χ1v) is 1.61. The van der Waals surface area contributed by atoms with Crippen LogP contribution in [0.2, 0.25) is 0 Å². The Morgan fingerprint density at radius 3 is 2.17 bits per heavy atom. The van der Waals surface area contributed by atoms with Gasteiger partial charge in [-0.3, -0.25) is 0 Å². The van der Waals surface area contributed by atoms with Crippen LogP contribution < -0.4 is 0 Å². The molecule has 0 radical (unpaired) electrons. The first-order valence-electron chi connectivity index (χ1n) is 1.61. The molecule has 0 aromatic heterocycles. The van der Waals surface area contributed by atoms with E-state index in [2.05, 4.69) is 17.4 Å². The van der Waals surface area contributed by atoms with Crippen LogP contribution in [0.15, 0.2) is 10.3 Å². The third-order valence-corrected chi connectivity index (χ3v) is 0.242. The maximum Gasteiger partial charge on any atom is 0.0508 e. The van der Waals surface area contributed by atoms with Crippen LogP contribution in [0.4, 0.5) is 0 Å². The van der Waals surface area contributed by atoms with Crippen LogP contribution in [-0.2, 0) is 0 Å². The van der Waals surface area contributed by atoms with Gasteiger partial charge in [-0.05, 0) is 7.05 Å². The summed E-state index contributed by atoms with van der Waals surface area (Å²) in [5.41, 5.74) is 0. The molecule has 0 aromatic carbocycles. The smallest absolute Gasteiger partial charge is 0.0508 e. The van der Waals surface area contributed by atoms with E-state index in [4.69, 9.17) is 0 Å². The van der Waals surface area contributed by atoms with Crippen molar-refractivity contribution < 1.29 is 0 Å². The summed E-state index contributed by atoms with van der Waals surface area (Å²) in [6.07, 6.45) is 0. The van der Waals surface area contributed by atoms with E-state index < -0.39 is 0 Å². The third-order valence-electron chi connectivity index (χ3n) is 0.242. The Balaban J connectivity index is 3.03. The molecule has 0 bridgehead atoms. The Kier molecular flexibility index (Phi) is 2.36. The second-order valence-electron chi connectivity index (χ2n) is 0.947. The average Bonchev–Trinajstić information content (AvgIpc) is 1.35. The van der Waals surface area contributed by atoms with Crippen molar-refractivity contribution in [3.8, 4) is 0 Å². The highest BCUT2D eigenvalue weighted by Crippen LogP contribution is 1.74. The van der Waals surface area contributed by atoms with Gasteiger partial charge in [-0.1, -0.05) is 0 Å². The molecule has 0 rings (SSSR count). The lowest BCUT2D eigenvalue weighted by molar-refractivity contribution is 0.446. The first kappa shape index (κ1) is 5.40. The van der Waals surface area contributed by atoms with Gasteiger partial charge in [0.2, 0.25) is 0 Å². The molecule has 0 atom stereocenters. The van der Waals surface area contributed by atoms with Crippen LogP contribution in [0.1, 0.15) is 0 Å². The van der Waals surface area contributed by atoms with Crippen LogP contribution >= 0.6 is 0 Å². The Labute approximate surface area is 37.6 Å². The molecule has 36 valence electrons. The van der Waals surface area contributed by atoms with Gasteiger partial charge < -0.3 is 5.01 Å². The van der Waals surface area contributed by atoms with E-state index >= 15 is 0 Å². The highest BCUT2D eigenvalue weighted by atomic mass is 15.5. The van der Waals surface area contributed by atoms with Crippen molar-refractivity contribution in [1.29, 1.82) is 0 Å². The fourth-order valence-corrected chi connectivity index (χ4v) is 0.153. The molecule has 3 heteroatoms. The normalized spacial score (nSPS) is 9.83. The first-order chi connectivity index (χ1) is 2.77. The second-order valence-corrected chi connectivity index (χ2v) is 0.947. The summed E-state index contributed by atoms with van der Waals surface area (Å²) in [5, 5.41) is 8.28. The van der Waals surface area contributed by atoms with Crippen molar-refractivity contribution in [2.24, 2.45) is 10.3 Å². The fraction of sp³-hybridized carbons (Fsp3) is 0.667. The molecule has 0 aliphatic rings. The molecule has 0 heterocycles. The van der Waals surface area contributed by atoms with Crippen molar-refractivity contribution in [3.63, 3.8) is 0 Å². The van der Waals surface area contributed by atoms with Crippen LogP contribution in [0, 0.1) is 7.05 Å². The molecular weight excluding hydrogens is 78.1 g/mol. The quantitative estimate of drug-likeness (QED) is 0.262. The van der Waals surface area contributed by atoms with Crippen molar-refractivity contribution >= 4 is 0 Å². The molecule has 0 aromatic rings. The lowest BCUT2D eigenvalue weighted by atomic mass is 11.2. The van der Waals surface area contributed by atoms with E-state index in [0.29, 0.717) is 0 Å². The Morgan fingerprint density at radius 1 is 1.67 bits per heavy atom. The van der Waals surface area contributed by atoms with Gasteiger partial charge in [0, 0.05) is 0 Å². The minimum absolute atomic E-state index is 1.39. The maximum atomic E-state index is 3.47. The molecule has 0 aliphatic carbocycles. The predicted octanol–water partition coefficient (Wildman–Crippen LogP) is 0.707. The summed E-state index contributed by atoms with van der Waals surface area (Å²) in [6, 6.07) is 0. The summed E-state index contributed by atoms with van der Waals surface area (Å²) in [7, 11) is 6.72. The molecule has 0 amide bonds. The zero-order valence-corrected chi connectivity index (χ0v) is 4.05. The van der Waals surface area contributed by atoms with Gasteiger partial charge in [0.25, 0.3) is 0 Å². The van der Waals surface area contributed by atoms with Crippen LogP contribution in [0.25, 0.3) is 0 Å². The lowest BCUT2D eigenvalue weighted by Crippen LogP contribution is -1.94. The third kappa shape index (κ3) is 3.40. The minimum Gasteiger partial charge on any atom is -0.430 e. The van der Waals surface area contributed by atoms with E-state index in [9.17, 15) is 0 Å². The molecular formula is C3H8N3-. The van der Waals surface area contributed by atoms with Gasteiger partial charge >= 0.3 is 0 Å². The highest BCUT2D eigenvalue weighted by Gasteiger charge is 1.58. The summed E-state index contributed by atoms with van der Waals surface area (Å²) < 4.78 is 0. The van der Waals surface area contributed by atoms with E-state index in [1.807, 2.05) is 0 Å². The highest BCUT2D eigenvalue weighted by molar-refractivity contribution is 4.24. The van der Waals surface area contributed by atoms with Crippen LogP contribution in [0.5, 0.6) is 0 Å². The van der Waals surface area contributed by atoms with Gasteiger partial charge in [-0.15, -0.1) is 5.22 Å². The average molecular weight is 86.1 g/mol. The van der Waals surface area contributed by atoms with Gasteiger partial charge in [0.1, 0.15) is 0 Å². The van der Waals surface area contributed by atoms with Crippen LogP contribution in [0.3, 0.4) is 0 Å². The standard InChI is InChI=1S/C3H8N3/c1-4-5-6(2)3/h2H2,1,3H3/q-1. The summed E-state index contributed by atoms with van der Waals surface area (Å²) in [6.45, 7) is 0. The van der Waals surface area contributed by atoms with E-state index in [1.165, 1.54) is 5.01 Å². The Morgan fingerprint density at radius 2 is 2.17 bits per heavy atom. The van der Waals surface area contributed by atoms with Crippen molar-refractivity contribution in [3.05, 3.63) is 7.05 Å². The minimum atomic E-state index is 1.39. The van der Waals surface area contributed by atoms with Gasteiger partial charge in [0.15, 0.2) is 0 Å². The van der Waals surface area contributed by atoms with E-state index in [1.54, 1.807) is 14.1 Å². The lowest BCUT2D eigenvalue weighted by Gasteiger charge is -2.07. The number of hydrogen-bond donors (Lipinski definition) is 0. The number of hydrogen-bond acceptors (Lipinski definition) is 2. The largest absolute Gasteiger partial charge is 0.430 e. The molecule has 0 N–H and O–H groups in total. The predicted molar refractivity (Wildman–Crippen MR) is 23.9 cm³/mol. The van der Waals surface area contributed by atoms with E-state index in [-0.39, 0.29) is 0 Å². The second kappa shape index (κ2) is 2.63. The van der Waals surface area contributed by atoms with Crippen molar-refractivity contribution in [2.75, 3.05) is 14.1 Å². The number of rotatable bonds is 1. The van der Waals surface area contributed by atoms with Crippen molar-refractivity contribution in [1.82, 2.24) is 5.01 Å². The Bertz CT molecular complexity index is 48.0. The molecule has 0 saturated carbocycles. The summed E-state index contributed by atoms with van der Waals surface area (Å²) in [5.74, 6) is 0. The monoisotopic (exact) mass is 86.1 g/mol. The molecule has 3 nitrogen and oxygen atoms in total. The summed E-state index contributed by atoms with van der Waals surface area (Å²) in [4.78, 5) is 0. The molecule has 0 aliphatic heterocycles. The maximum absolute atomic E-state index is 3.47. The molecule has 0 spiro atoms. The van der Waals surface area contributed by atoms with Gasteiger partial charge in [-0.25, -0.2) is 7.05 Å². The van der Waals surface area contributed by atoms with Gasteiger partial charge in [-0.2, -0.15) is 5.11 Å². The topological polar surface area (TPSA) is 28.0 Å². The molecule has 0 unspecified atom stereocenters.